The van der Waals surface area contributed by atoms with Gasteiger partial charge in [0.05, 0.1) is 5.69 Å². The van der Waals surface area contributed by atoms with E-state index in [2.05, 4.69) is 15.2 Å². The van der Waals surface area contributed by atoms with Gasteiger partial charge in [0.15, 0.2) is 0 Å². The maximum Gasteiger partial charge on any atom is 0.354 e. The van der Waals surface area contributed by atoms with E-state index in [4.69, 9.17) is 11.5 Å². The Kier molecular flexibility index (Phi) is 5.25. The first-order valence-corrected chi connectivity index (χ1v) is 10.9. The molecule has 31 heavy (non-hydrogen) atoms. The molecule has 1 aliphatic carbocycles. The number of carbonyl (C=O) groups is 1. The first-order valence-electron chi connectivity index (χ1n) is 10.9. The van der Waals surface area contributed by atoms with Crippen LogP contribution < -0.4 is 22.5 Å². The van der Waals surface area contributed by atoms with Crippen molar-refractivity contribution in [2.75, 3.05) is 38.0 Å². The van der Waals surface area contributed by atoms with Gasteiger partial charge in [-0.3, -0.25) is 14.8 Å². The van der Waals surface area contributed by atoms with Crippen LogP contribution in [0.1, 0.15) is 12.0 Å². The Morgan fingerprint density at radius 2 is 1.87 bits per heavy atom. The predicted octanol–water partition coefficient (Wildman–Crippen LogP) is 0.434. The summed E-state index contributed by atoms with van der Waals surface area (Å²) in [5.74, 6) is 1.94. The fourth-order valence-electron chi connectivity index (χ4n) is 4.88. The minimum Gasteiger partial charge on any atom is -0.330 e. The molecule has 2 amide bonds. The highest BCUT2D eigenvalue weighted by Gasteiger charge is 2.53. The summed E-state index contributed by atoms with van der Waals surface area (Å²) in [6.45, 7) is 4.94. The Hall–Kier alpha value is -2.75. The average Bonchev–Trinajstić information content (AvgIpc) is 3.16. The lowest BCUT2D eigenvalue weighted by Crippen LogP contribution is -2.34. The van der Waals surface area contributed by atoms with E-state index in [-0.39, 0.29) is 11.8 Å². The monoisotopic (exact) mass is 423 g/mol. The molecule has 3 aliphatic rings. The van der Waals surface area contributed by atoms with Crippen LogP contribution in [0, 0.1) is 17.8 Å². The third-order valence-corrected chi connectivity index (χ3v) is 6.90. The maximum absolute atomic E-state index is 12.5. The largest absolute Gasteiger partial charge is 0.354 e. The van der Waals surface area contributed by atoms with Gasteiger partial charge in [0, 0.05) is 45.0 Å². The van der Waals surface area contributed by atoms with Crippen molar-refractivity contribution in [2.24, 2.45) is 29.2 Å². The number of carbonyl (C=O) groups excluding carboxylic acids is 1. The van der Waals surface area contributed by atoms with Gasteiger partial charge in [-0.15, -0.1) is 0 Å². The number of urea groups is 1. The second-order valence-corrected chi connectivity index (χ2v) is 9.00. The Bertz CT molecular complexity index is 1010. The number of amides is 2. The van der Waals surface area contributed by atoms with Crippen LogP contribution in [0.2, 0.25) is 0 Å². The van der Waals surface area contributed by atoms with Gasteiger partial charge in [-0.2, -0.15) is 4.98 Å². The zero-order valence-corrected chi connectivity index (χ0v) is 17.5. The number of rotatable bonds is 5. The molecule has 0 bridgehead atoms. The van der Waals surface area contributed by atoms with Crippen LogP contribution in [0.4, 0.5) is 10.6 Å². The van der Waals surface area contributed by atoms with Gasteiger partial charge in [0.25, 0.3) is 0 Å². The van der Waals surface area contributed by atoms with Gasteiger partial charge in [-0.05, 0) is 54.5 Å². The first-order chi connectivity index (χ1) is 15.0. The van der Waals surface area contributed by atoms with E-state index < -0.39 is 5.69 Å². The van der Waals surface area contributed by atoms with E-state index >= 15 is 0 Å². The summed E-state index contributed by atoms with van der Waals surface area (Å²) in [6.07, 6.45) is 2.55. The van der Waals surface area contributed by atoms with Gasteiger partial charge < -0.3 is 16.4 Å². The lowest BCUT2D eigenvalue weighted by atomic mass is 10.1. The van der Waals surface area contributed by atoms with Crippen LogP contribution in [0.15, 0.2) is 41.3 Å². The molecule has 1 saturated carbocycles. The number of hydrogen-bond donors (Lipinski definition) is 3. The molecule has 9 heteroatoms. The Morgan fingerprint density at radius 1 is 1.13 bits per heavy atom. The smallest absolute Gasteiger partial charge is 0.330 e. The molecular formula is C22H29N7O2. The number of nitrogens with zero attached hydrogens (tertiary/aromatic N) is 4. The zero-order chi connectivity index (χ0) is 21.5. The van der Waals surface area contributed by atoms with Crippen molar-refractivity contribution < 1.29 is 4.79 Å². The molecule has 2 unspecified atom stereocenters. The zero-order valence-electron chi connectivity index (χ0n) is 17.5. The van der Waals surface area contributed by atoms with Gasteiger partial charge >= 0.3 is 11.7 Å². The summed E-state index contributed by atoms with van der Waals surface area (Å²) in [6, 6.07) is 9.75. The number of piperidine rings is 1. The molecule has 5 rings (SSSR count). The Balaban J connectivity index is 1.20. The topological polar surface area (TPSA) is 123 Å². The maximum atomic E-state index is 12.5. The molecule has 3 heterocycles. The van der Waals surface area contributed by atoms with E-state index in [0.717, 1.165) is 31.7 Å². The Labute approximate surface area is 181 Å². The van der Waals surface area contributed by atoms with Crippen LogP contribution in [0.3, 0.4) is 0 Å². The van der Waals surface area contributed by atoms with Crippen molar-refractivity contribution in [3.05, 3.63) is 52.6 Å². The number of benzene rings is 1. The molecule has 164 valence electrons. The van der Waals surface area contributed by atoms with Crippen molar-refractivity contribution in [3.8, 4) is 5.69 Å². The Morgan fingerprint density at radius 3 is 2.52 bits per heavy atom. The van der Waals surface area contributed by atoms with Crippen LogP contribution in [0.5, 0.6) is 0 Å². The van der Waals surface area contributed by atoms with Crippen molar-refractivity contribution in [3.63, 3.8) is 0 Å². The van der Waals surface area contributed by atoms with E-state index in [1.807, 2.05) is 24.3 Å². The molecule has 2 saturated heterocycles. The lowest BCUT2D eigenvalue weighted by molar-refractivity contribution is 0.221. The van der Waals surface area contributed by atoms with Crippen LogP contribution in [-0.4, -0.2) is 64.1 Å². The normalized spacial score (nSPS) is 27.4. The molecular weight excluding hydrogens is 394 g/mol. The number of nitrogens with one attached hydrogen (secondary N) is 1. The molecule has 3 fully saturated rings. The van der Waals surface area contributed by atoms with E-state index in [1.54, 1.807) is 17.2 Å². The second-order valence-electron chi connectivity index (χ2n) is 9.00. The SMILES string of the molecule is NC[C@@H]1CCN(C(=O)Nc2ccn(-c3ccc(CN4CC5C(N)C5C4)cc3)c(=O)n2)C1. The number of nitrogens with two attached hydrogens (primary N) is 2. The fourth-order valence-corrected chi connectivity index (χ4v) is 4.88. The van der Waals surface area contributed by atoms with Gasteiger partial charge in [0.1, 0.15) is 5.82 Å². The van der Waals surface area contributed by atoms with Crippen LogP contribution >= 0.6 is 0 Å². The third kappa shape index (κ3) is 4.08. The summed E-state index contributed by atoms with van der Waals surface area (Å²) < 4.78 is 1.48. The van der Waals surface area contributed by atoms with Crippen molar-refractivity contribution >= 4 is 11.8 Å². The van der Waals surface area contributed by atoms with E-state index in [0.29, 0.717) is 43.4 Å². The molecule has 5 N–H and O–H groups in total. The summed E-state index contributed by atoms with van der Waals surface area (Å²) in [5.41, 5.74) is 13.2. The number of aromatic nitrogens is 2. The molecule has 3 atom stereocenters. The second kappa shape index (κ2) is 8.07. The lowest BCUT2D eigenvalue weighted by Gasteiger charge is -2.19. The third-order valence-electron chi connectivity index (χ3n) is 6.90. The summed E-state index contributed by atoms with van der Waals surface area (Å²) in [5, 5.41) is 2.71. The number of anilines is 1. The van der Waals surface area contributed by atoms with Crippen LogP contribution in [-0.2, 0) is 6.54 Å². The summed E-state index contributed by atoms with van der Waals surface area (Å²) in [7, 11) is 0. The average molecular weight is 424 g/mol. The predicted molar refractivity (Wildman–Crippen MR) is 118 cm³/mol. The number of hydrogen-bond acceptors (Lipinski definition) is 6. The van der Waals surface area contributed by atoms with Crippen molar-refractivity contribution in [2.45, 2.75) is 19.0 Å². The summed E-state index contributed by atoms with van der Waals surface area (Å²) >= 11 is 0. The highest BCUT2D eigenvalue weighted by atomic mass is 16.2. The quantitative estimate of drug-likeness (QED) is 0.641. The van der Waals surface area contributed by atoms with E-state index in [1.165, 1.54) is 10.1 Å². The van der Waals surface area contributed by atoms with E-state index in [9.17, 15) is 9.59 Å². The highest BCUT2D eigenvalue weighted by molar-refractivity contribution is 5.88. The van der Waals surface area contributed by atoms with Crippen molar-refractivity contribution in [1.29, 1.82) is 0 Å². The molecule has 9 nitrogen and oxygen atoms in total. The minimum atomic E-state index is -0.430. The fraction of sp³-hybridized carbons (Fsp3) is 0.500. The standard InChI is InChI=1S/C22H29N7O2/c23-9-15-5-7-28(11-15)21(30)25-19-6-8-29(22(31)26-19)16-3-1-14(2-4-16)10-27-12-17-18(13-27)20(17)24/h1-4,6,8,15,17-18,20H,5,7,9-13,23-24H2,(H,25,26,30,31)/t15-,17?,18?,20?/m0/s1. The highest BCUT2D eigenvalue weighted by Crippen LogP contribution is 2.44. The molecule has 2 aliphatic heterocycles. The van der Waals surface area contributed by atoms with Gasteiger partial charge in [-0.25, -0.2) is 9.59 Å². The number of fused-ring (bicyclic) bond motifs is 1. The van der Waals surface area contributed by atoms with Gasteiger partial charge in [-0.1, -0.05) is 12.1 Å². The number of likely N-dealkylation sites (tertiary alicyclic amines) is 2. The molecule has 0 radical (unpaired) electrons. The minimum absolute atomic E-state index is 0.245. The summed E-state index contributed by atoms with van der Waals surface area (Å²) in [4.78, 5) is 33.1. The molecule has 1 aromatic carbocycles. The van der Waals surface area contributed by atoms with Crippen molar-refractivity contribution in [1.82, 2.24) is 19.4 Å². The molecule has 2 aromatic rings. The molecule has 1 aromatic heterocycles. The molecule has 0 spiro atoms. The van der Waals surface area contributed by atoms with Crippen LogP contribution in [0.25, 0.3) is 5.69 Å². The van der Waals surface area contributed by atoms with Gasteiger partial charge in [0.2, 0.25) is 0 Å². The first kappa shape index (κ1) is 20.2.